The van der Waals surface area contributed by atoms with Crippen LogP contribution < -0.4 is 0 Å². The first kappa shape index (κ1) is 13.5. The molecular formula is C14H26. The molecule has 0 saturated heterocycles. The van der Waals surface area contributed by atoms with Gasteiger partial charge in [-0.05, 0) is 19.8 Å². The fourth-order valence-corrected chi connectivity index (χ4v) is 1.51. The second kappa shape index (κ2) is 12.5. The number of allylic oxidation sites excluding steroid dienone is 4. The van der Waals surface area contributed by atoms with Crippen LogP contribution in [-0.2, 0) is 0 Å². The van der Waals surface area contributed by atoms with Gasteiger partial charge >= 0.3 is 0 Å². The number of hydrogen-bond donors (Lipinski definition) is 0. The Hall–Kier alpha value is -0.520. The van der Waals surface area contributed by atoms with E-state index in [1.54, 1.807) is 0 Å². The maximum atomic E-state index is 2.27. The summed E-state index contributed by atoms with van der Waals surface area (Å²) in [6.07, 6.45) is 19.7. The first-order chi connectivity index (χ1) is 6.91. The van der Waals surface area contributed by atoms with E-state index in [1.807, 2.05) is 0 Å². The number of unbranched alkanes of at least 4 members (excludes halogenated alkanes) is 7. The lowest BCUT2D eigenvalue weighted by Crippen LogP contribution is -1.78. The minimum Gasteiger partial charge on any atom is -0.0877 e. The number of rotatable bonds is 9. The van der Waals surface area contributed by atoms with Crippen molar-refractivity contribution in [3.8, 4) is 0 Å². The van der Waals surface area contributed by atoms with Gasteiger partial charge in [-0.15, -0.1) is 0 Å². The Morgan fingerprint density at radius 1 is 0.786 bits per heavy atom. The van der Waals surface area contributed by atoms with E-state index in [9.17, 15) is 0 Å². The molecule has 0 N–H and O–H groups in total. The van der Waals surface area contributed by atoms with Crippen molar-refractivity contribution in [1.82, 2.24) is 0 Å². The molecule has 0 aromatic heterocycles. The topological polar surface area (TPSA) is 0 Å². The van der Waals surface area contributed by atoms with E-state index in [0.717, 1.165) is 0 Å². The van der Waals surface area contributed by atoms with Crippen molar-refractivity contribution in [2.24, 2.45) is 0 Å². The van der Waals surface area contributed by atoms with Gasteiger partial charge in [-0.2, -0.15) is 0 Å². The van der Waals surface area contributed by atoms with Crippen molar-refractivity contribution in [2.75, 3.05) is 0 Å². The van der Waals surface area contributed by atoms with Gasteiger partial charge in [-0.1, -0.05) is 69.8 Å². The van der Waals surface area contributed by atoms with Gasteiger partial charge in [0.1, 0.15) is 0 Å². The summed E-state index contributed by atoms with van der Waals surface area (Å²) in [4.78, 5) is 0. The number of hydrogen-bond acceptors (Lipinski definition) is 0. The molecule has 0 rings (SSSR count). The first-order valence-electron chi connectivity index (χ1n) is 6.19. The summed E-state index contributed by atoms with van der Waals surface area (Å²) in [6, 6.07) is 0. The largest absolute Gasteiger partial charge is 0.0877 e. The second-order valence-electron chi connectivity index (χ2n) is 3.86. The molecule has 0 aromatic carbocycles. The van der Waals surface area contributed by atoms with E-state index in [2.05, 4.69) is 38.2 Å². The van der Waals surface area contributed by atoms with Crippen LogP contribution in [0.3, 0.4) is 0 Å². The molecule has 0 unspecified atom stereocenters. The molecule has 0 heteroatoms. The molecule has 0 amide bonds. The Morgan fingerprint density at radius 2 is 1.43 bits per heavy atom. The average Bonchev–Trinajstić information content (AvgIpc) is 2.21. The SMILES string of the molecule is C/C=C/C=C/CCCCCCCCC. The van der Waals surface area contributed by atoms with Crippen LogP contribution in [0, 0.1) is 0 Å². The summed E-state index contributed by atoms with van der Waals surface area (Å²) in [6.45, 7) is 4.32. The highest BCUT2D eigenvalue weighted by molar-refractivity contribution is 5.00. The predicted octanol–water partition coefficient (Wildman–Crippen LogP) is 5.26. The highest BCUT2D eigenvalue weighted by Crippen LogP contribution is 2.08. The average molecular weight is 194 g/mol. The highest BCUT2D eigenvalue weighted by Gasteiger charge is 1.88. The predicted molar refractivity (Wildman–Crippen MR) is 66.6 cm³/mol. The minimum absolute atomic E-state index is 1.25. The minimum atomic E-state index is 1.25. The van der Waals surface area contributed by atoms with Gasteiger partial charge < -0.3 is 0 Å². The van der Waals surface area contributed by atoms with Crippen LogP contribution >= 0.6 is 0 Å². The molecule has 0 aliphatic rings. The zero-order chi connectivity index (χ0) is 10.5. The van der Waals surface area contributed by atoms with Gasteiger partial charge in [-0.25, -0.2) is 0 Å². The van der Waals surface area contributed by atoms with E-state index in [-0.39, 0.29) is 0 Å². The Morgan fingerprint density at radius 3 is 2.07 bits per heavy atom. The molecule has 82 valence electrons. The van der Waals surface area contributed by atoms with Gasteiger partial charge in [0.05, 0.1) is 0 Å². The third-order valence-electron chi connectivity index (χ3n) is 2.41. The van der Waals surface area contributed by atoms with Crippen LogP contribution in [0.25, 0.3) is 0 Å². The van der Waals surface area contributed by atoms with Crippen molar-refractivity contribution in [2.45, 2.75) is 65.2 Å². The quantitative estimate of drug-likeness (QED) is 0.347. The summed E-state index contributed by atoms with van der Waals surface area (Å²) in [5, 5.41) is 0. The summed E-state index contributed by atoms with van der Waals surface area (Å²) in [5.74, 6) is 0. The maximum absolute atomic E-state index is 2.27. The molecule has 14 heavy (non-hydrogen) atoms. The lowest BCUT2D eigenvalue weighted by Gasteiger charge is -1.98. The molecule has 0 atom stereocenters. The van der Waals surface area contributed by atoms with Crippen LogP contribution in [0.5, 0.6) is 0 Å². The molecule has 0 radical (unpaired) electrons. The van der Waals surface area contributed by atoms with Gasteiger partial charge in [0.25, 0.3) is 0 Å². The van der Waals surface area contributed by atoms with Crippen molar-refractivity contribution in [3.63, 3.8) is 0 Å². The summed E-state index contributed by atoms with van der Waals surface area (Å²) >= 11 is 0. The van der Waals surface area contributed by atoms with Crippen LogP contribution in [0.4, 0.5) is 0 Å². The molecule has 0 bridgehead atoms. The normalized spacial score (nSPS) is 11.9. The molecule has 0 spiro atoms. The molecule has 0 nitrogen and oxygen atoms in total. The monoisotopic (exact) mass is 194 g/mol. The Labute approximate surface area is 90.1 Å². The second-order valence-corrected chi connectivity index (χ2v) is 3.86. The van der Waals surface area contributed by atoms with Crippen LogP contribution in [-0.4, -0.2) is 0 Å². The van der Waals surface area contributed by atoms with Crippen LogP contribution in [0.15, 0.2) is 24.3 Å². The third-order valence-corrected chi connectivity index (χ3v) is 2.41. The van der Waals surface area contributed by atoms with Crippen molar-refractivity contribution < 1.29 is 0 Å². The molecule has 0 saturated carbocycles. The molecular weight excluding hydrogens is 168 g/mol. The van der Waals surface area contributed by atoms with E-state index >= 15 is 0 Å². The molecule has 0 fully saturated rings. The third kappa shape index (κ3) is 11.5. The highest BCUT2D eigenvalue weighted by atomic mass is 13.9. The fraction of sp³-hybridized carbons (Fsp3) is 0.714. The van der Waals surface area contributed by atoms with Crippen LogP contribution in [0.1, 0.15) is 65.2 Å². The Balaban J connectivity index is 2.98. The maximum Gasteiger partial charge on any atom is -0.0348 e. The van der Waals surface area contributed by atoms with Crippen molar-refractivity contribution >= 4 is 0 Å². The summed E-state index contributed by atoms with van der Waals surface area (Å²) in [5.41, 5.74) is 0. The van der Waals surface area contributed by atoms with Crippen molar-refractivity contribution in [3.05, 3.63) is 24.3 Å². The van der Waals surface area contributed by atoms with Crippen molar-refractivity contribution in [1.29, 1.82) is 0 Å². The Bertz CT molecular complexity index is 142. The molecule has 0 aliphatic carbocycles. The summed E-state index contributed by atoms with van der Waals surface area (Å²) < 4.78 is 0. The molecule has 0 heterocycles. The van der Waals surface area contributed by atoms with E-state index < -0.39 is 0 Å². The van der Waals surface area contributed by atoms with E-state index in [4.69, 9.17) is 0 Å². The van der Waals surface area contributed by atoms with Crippen LogP contribution in [0.2, 0.25) is 0 Å². The lowest BCUT2D eigenvalue weighted by molar-refractivity contribution is 0.592. The van der Waals surface area contributed by atoms with Gasteiger partial charge in [0, 0.05) is 0 Å². The van der Waals surface area contributed by atoms with Gasteiger partial charge in [0.15, 0.2) is 0 Å². The smallest absolute Gasteiger partial charge is 0.0348 e. The Kier molecular flexibility index (Phi) is 12.0. The fourth-order valence-electron chi connectivity index (χ4n) is 1.51. The zero-order valence-corrected chi connectivity index (χ0v) is 9.97. The van der Waals surface area contributed by atoms with E-state index in [1.165, 1.54) is 51.4 Å². The standard InChI is InChI=1S/C14H26/c1-3-5-7-9-11-13-14-12-10-8-6-4-2/h3,5,7,9H,4,6,8,10-14H2,1-2H3/b5-3+,9-7+. The summed E-state index contributed by atoms with van der Waals surface area (Å²) in [7, 11) is 0. The van der Waals surface area contributed by atoms with Gasteiger partial charge in [-0.3, -0.25) is 0 Å². The zero-order valence-electron chi connectivity index (χ0n) is 9.97. The van der Waals surface area contributed by atoms with E-state index in [0.29, 0.717) is 0 Å². The lowest BCUT2D eigenvalue weighted by atomic mass is 10.1. The van der Waals surface area contributed by atoms with Gasteiger partial charge in [0.2, 0.25) is 0 Å². The molecule has 0 aromatic rings. The first-order valence-corrected chi connectivity index (χ1v) is 6.19. The molecule has 0 aliphatic heterocycles.